The van der Waals surface area contributed by atoms with Gasteiger partial charge in [-0.05, 0) is 68.2 Å². The molecule has 0 saturated carbocycles. The van der Waals surface area contributed by atoms with Crippen molar-refractivity contribution >= 4 is 17.5 Å². The molecule has 2 saturated heterocycles. The Hall–Kier alpha value is -2.28. The van der Waals surface area contributed by atoms with E-state index in [-0.39, 0.29) is 11.9 Å². The number of likely N-dealkylation sites (tertiary alicyclic amines) is 1. The van der Waals surface area contributed by atoms with E-state index < -0.39 is 0 Å². The highest BCUT2D eigenvalue weighted by Gasteiger charge is 2.33. The fourth-order valence-corrected chi connectivity index (χ4v) is 5.09. The molecule has 2 aliphatic rings. The number of rotatable bonds is 7. The first-order valence-corrected chi connectivity index (χ1v) is 12.2. The van der Waals surface area contributed by atoms with E-state index in [9.17, 15) is 4.79 Å². The van der Waals surface area contributed by atoms with Crippen molar-refractivity contribution in [2.45, 2.75) is 31.8 Å². The normalized spacial score (nSPS) is 20.0. The van der Waals surface area contributed by atoms with Gasteiger partial charge in [0, 0.05) is 36.8 Å². The maximum Gasteiger partial charge on any atom is 0.237 e. The van der Waals surface area contributed by atoms with Crippen LogP contribution in [-0.4, -0.2) is 74.1 Å². The number of ether oxygens (including phenoxy) is 2. The van der Waals surface area contributed by atoms with Crippen LogP contribution < -0.4 is 9.47 Å². The van der Waals surface area contributed by atoms with Crippen LogP contribution in [0.1, 0.15) is 36.4 Å². The highest BCUT2D eigenvalue weighted by Crippen LogP contribution is 2.39. The van der Waals surface area contributed by atoms with E-state index in [2.05, 4.69) is 21.9 Å². The van der Waals surface area contributed by atoms with Crippen molar-refractivity contribution < 1.29 is 14.3 Å². The summed E-state index contributed by atoms with van der Waals surface area (Å²) in [6.45, 7) is 6.04. The molecule has 4 rings (SSSR count). The second kappa shape index (κ2) is 11.2. The van der Waals surface area contributed by atoms with Gasteiger partial charge in [-0.25, -0.2) is 0 Å². The fraction of sp³-hybridized carbons (Fsp3) is 0.500. The molecular formula is C26H34ClN3O3. The number of methoxy groups -OCH3 is 2. The number of carbonyl (C=O) groups is 1. The predicted octanol–water partition coefficient (Wildman–Crippen LogP) is 4.23. The number of hydrogen-bond acceptors (Lipinski definition) is 5. The Morgan fingerprint density at radius 2 is 1.70 bits per heavy atom. The minimum absolute atomic E-state index is 0.0379. The minimum atomic E-state index is 0.0379. The van der Waals surface area contributed by atoms with E-state index in [1.807, 2.05) is 35.2 Å². The van der Waals surface area contributed by atoms with Crippen LogP contribution in [0.5, 0.6) is 11.5 Å². The van der Waals surface area contributed by atoms with Gasteiger partial charge in [0.1, 0.15) is 11.5 Å². The van der Waals surface area contributed by atoms with E-state index in [0.717, 1.165) is 80.6 Å². The summed E-state index contributed by atoms with van der Waals surface area (Å²) in [4.78, 5) is 20.2. The van der Waals surface area contributed by atoms with Gasteiger partial charge in [0.05, 0.1) is 26.8 Å². The zero-order chi connectivity index (χ0) is 23.2. The van der Waals surface area contributed by atoms with E-state index >= 15 is 0 Å². The first-order chi connectivity index (χ1) is 16.1. The lowest BCUT2D eigenvalue weighted by atomic mass is 10.0. The number of hydrogen-bond donors (Lipinski definition) is 0. The van der Waals surface area contributed by atoms with Gasteiger partial charge >= 0.3 is 0 Å². The molecule has 2 aromatic rings. The Bertz CT molecular complexity index is 937. The van der Waals surface area contributed by atoms with Crippen molar-refractivity contribution in [2.75, 3.05) is 53.5 Å². The van der Waals surface area contributed by atoms with Crippen LogP contribution in [0.15, 0.2) is 42.5 Å². The molecule has 1 atom stereocenters. The van der Waals surface area contributed by atoms with Crippen molar-refractivity contribution in [2.24, 2.45) is 0 Å². The Kier molecular flexibility index (Phi) is 8.12. The topological polar surface area (TPSA) is 45.3 Å². The molecule has 0 N–H and O–H groups in total. The number of benzene rings is 2. The Morgan fingerprint density at radius 1 is 0.939 bits per heavy atom. The third kappa shape index (κ3) is 5.99. The summed E-state index contributed by atoms with van der Waals surface area (Å²) < 4.78 is 11.0. The smallest absolute Gasteiger partial charge is 0.237 e. The maximum atomic E-state index is 13.4. The molecule has 0 aromatic heterocycles. The van der Waals surface area contributed by atoms with Gasteiger partial charge < -0.3 is 14.4 Å². The van der Waals surface area contributed by atoms with Crippen LogP contribution in [0, 0.1) is 0 Å². The highest BCUT2D eigenvalue weighted by molar-refractivity contribution is 6.30. The van der Waals surface area contributed by atoms with Crippen LogP contribution >= 0.6 is 11.6 Å². The molecule has 1 unspecified atom stereocenters. The maximum absolute atomic E-state index is 13.4. The lowest BCUT2D eigenvalue weighted by Gasteiger charge is -2.29. The Balaban J connectivity index is 1.36. The Morgan fingerprint density at radius 3 is 2.45 bits per heavy atom. The van der Waals surface area contributed by atoms with Crippen molar-refractivity contribution in [3.05, 3.63) is 58.6 Å². The molecule has 2 fully saturated rings. The minimum Gasteiger partial charge on any atom is -0.497 e. The van der Waals surface area contributed by atoms with Crippen molar-refractivity contribution in [3.63, 3.8) is 0 Å². The summed E-state index contributed by atoms with van der Waals surface area (Å²) in [6, 6.07) is 14.0. The highest BCUT2D eigenvalue weighted by atomic mass is 35.5. The van der Waals surface area contributed by atoms with Crippen LogP contribution in [0.2, 0.25) is 5.02 Å². The van der Waals surface area contributed by atoms with Crippen molar-refractivity contribution in [3.8, 4) is 11.5 Å². The molecule has 178 valence electrons. The summed E-state index contributed by atoms with van der Waals surface area (Å²) in [5.41, 5.74) is 2.31. The third-order valence-corrected chi connectivity index (χ3v) is 6.98. The summed E-state index contributed by atoms with van der Waals surface area (Å²) in [5.74, 6) is 1.81. The molecule has 2 aliphatic heterocycles. The fourth-order valence-electron chi connectivity index (χ4n) is 4.96. The average Bonchev–Trinajstić information content (AvgIpc) is 3.23. The molecule has 33 heavy (non-hydrogen) atoms. The molecule has 2 aromatic carbocycles. The average molecular weight is 472 g/mol. The quantitative estimate of drug-likeness (QED) is 0.604. The number of halogens is 1. The molecule has 7 heteroatoms. The molecule has 0 aliphatic carbocycles. The van der Waals surface area contributed by atoms with Gasteiger partial charge in [0.15, 0.2) is 0 Å². The van der Waals surface area contributed by atoms with Gasteiger partial charge in [-0.2, -0.15) is 0 Å². The van der Waals surface area contributed by atoms with E-state index in [1.165, 1.54) is 5.56 Å². The molecule has 2 heterocycles. The van der Waals surface area contributed by atoms with Crippen LogP contribution in [0.3, 0.4) is 0 Å². The van der Waals surface area contributed by atoms with E-state index in [4.69, 9.17) is 21.1 Å². The van der Waals surface area contributed by atoms with Gasteiger partial charge in [-0.3, -0.25) is 14.6 Å². The molecule has 1 amide bonds. The summed E-state index contributed by atoms with van der Waals surface area (Å²) >= 11 is 6.01. The molecular weight excluding hydrogens is 438 g/mol. The molecule has 0 spiro atoms. The zero-order valence-corrected chi connectivity index (χ0v) is 20.4. The summed E-state index contributed by atoms with van der Waals surface area (Å²) in [6.07, 6.45) is 3.02. The molecule has 0 radical (unpaired) electrons. The van der Waals surface area contributed by atoms with Crippen LogP contribution in [0.25, 0.3) is 0 Å². The lowest BCUT2D eigenvalue weighted by molar-refractivity contribution is -0.133. The largest absolute Gasteiger partial charge is 0.497 e. The van der Waals surface area contributed by atoms with E-state index in [1.54, 1.807) is 14.2 Å². The van der Waals surface area contributed by atoms with Crippen molar-refractivity contribution in [1.29, 1.82) is 0 Å². The van der Waals surface area contributed by atoms with Crippen LogP contribution in [-0.2, 0) is 11.3 Å². The van der Waals surface area contributed by atoms with Gasteiger partial charge in [0.25, 0.3) is 0 Å². The van der Waals surface area contributed by atoms with Crippen molar-refractivity contribution in [1.82, 2.24) is 14.7 Å². The predicted molar refractivity (Wildman–Crippen MR) is 131 cm³/mol. The number of carbonyl (C=O) groups excluding carboxylic acids is 1. The lowest BCUT2D eigenvalue weighted by Crippen LogP contribution is -2.41. The zero-order valence-electron chi connectivity index (χ0n) is 19.6. The Labute approximate surface area is 202 Å². The molecule has 0 bridgehead atoms. The number of nitrogens with zero attached hydrogens (tertiary/aromatic N) is 3. The molecule has 6 nitrogen and oxygen atoms in total. The summed E-state index contributed by atoms with van der Waals surface area (Å²) in [5, 5.41) is 0.770. The number of amides is 1. The monoisotopic (exact) mass is 471 g/mol. The second-order valence-corrected chi connectivity index (χ2v) is 9.32. The standard InChI is InChI=1S/C26H34ClN3O3/c1-32-22-10-11-25(33-2)23(17-22)24-5-3-14-30(24)26(31)19-29-13-4-12-28(15-16-29)18-20-6-8-21(27)9-7-20/h6-11,17,24H,3-5,12-16,18-19H2,1-2H3. The van der Waals surface area contributed by atoms with E-state index in [0.29, 0.717) is 6.54 Å². The van der Waals surface area contributed by atoms with Crippen LogP contribution in [0.4, 0.5) is 0 Å². The van der Waals surface area contributed by atoms with Gasteiger partial charge in [0.2, 0.25) is 5.91 Å². The summed E-state index contributed by atoms with van der Waals surface area (Å²) in [7, 11) is 3.35. The first kappa shape index (κ1) is 23.9. The van der Waals surface area contributed by atoms with Gasteiger partial charge in [-0.15, -0.1) is 0 Å². The first-order valence-electron chi connectivity index (χ1n) is 11.8. The third-order valence-electron chi connectivity index (χ3n) is 6.73. The SMILES string of the molecule is COc1ccc(OC)c(C2CCCN2C(=O)CN2CCCN(Cc3ccc(Cl)cc3)CC2)c1. The second-order valence-electron chi connectivity index (χ2n) is 8.89. The van der Waals surface area contributed by atoms with Gasteiger partial charge in [-0.1, -0.05) is 23.7 Å².